The molecule has 23 heavy (non-hydrogen) atoms. The highest BCUT2D eigenvalue weighted by molar-refractivity contribution is 6.33. The van der Waals surface area contributed by atoms with Crippen LogP contribution in [-0.4, -0.2) is 41.2 Å². The van der Waals surface area contributed by atoms with Crippen molar-refractivity contribution in [1.29, 1.82) is 0 Å². The highest BCUT2D eigenvalue weighted by atomic mass is 35.5. The van der Waals surface area contributed by atoms with Crippen LogP contribution in [0.25, 0.3) is 0 Å². The van der Waals surface area contributed by atoms with Crippen molar-refractivity contribution < 1.29 is 14.3 Å². The summed E-state index contributed by atoms with van der Waals surface area (Å²) in [4.78, 5) is 20.4. The minimum atomic E-state index is -0.303. The third-order valence-corrected chi connectivity index (χ3v) is 3.85. The van der Waals surface area contributed by atoms with E-state index in [9.17, 15) is 4.79 Å². The number of rotatable bonds is 4. The van der Waals surface area contributed by atoms with Gasteiger partial charge in [0.1, 0.15) is 6.10 Å². The summed E-state index contributed by atoms with van der Waals surface area (Å²) < 4.78 is 11.3. The van der Waals surface area contributed by atoms with Gasteiger partial charge in [0.25, 0.3) is 5.91 Å². The Balaban J connectivity index is 1.69. The standard InChI is InChI=1S/C16H16ClN3O3/c17-12-9-18-7-4-11(12)16(21)20-13-5-8-22-10-14(13)23-15-3-1-2-6-19-15/h1-4,6-7,9,13-14H,5,8,10H2,(H,20,21). The molecule has 1 amide bonds. The Labute approximate surface area is 138 Å². The second-order valence-electron chi connectivity index (χ2n) is 5.12. The van der Waals surface area contributed by atoms with Crippen LogP contribution < -0.4 is 10.1 Å². The summed E-state index contributed by atoms with van der Waals surface area (Å²) in [6.07, 6.45) is 4.99. The van der Waals surface area contributed by atoms with Gasteiger partial charge in [-0.2, -0.15) is 0 Å². The van der Waals surface area contributed by atoms with E-state index in [0.29, 0.717) is 36.1 Å². The summed E-state index contributed by atoms with van der Waals surface area (Å²) in [5, 5.41) is 3.28. The van der Waals surface area contributed by atoms with Gasteiger partial charge >= 0.3 is 0 Å². The number of ether oxygens (including phenoxy) is 2. The maximum Gasteiger partial charge on any atom is 0.253 e. The van der Waals surface area contributed by atoms with Crippen LogP contribution in [-0.2, 0) is 4.74 Å². The summed E-state index contributed by atoms with van der Waals surface area (Å²) >= 11 is 6.01. The van der Waals surface area contributed by atoms with Crippen molar-refractivity contribution in [1.82, 2.24) is 15.3 Å². The van der Waals surface area contributed by atoms with Gasteiger partial charge in [0.15, 0.2) is 0 Å². The van der Waals surface area contributed by atoms with Crippen LogP contribution in [0.5, 0.6) is 5.88 Å². The molecule has 0 radical (unpaired) electrons. The van der Waals surface area contributed by atoms with Crippen LogP contribution in [0.2, 0.25) is 5.02 Å². The first kappa shape index (κ1) is 15.7. The molecule has 1 N–H and O–H groups in total. The van der Waals surface area contributed by atoms with Crippen LogP contribution in [0.15, 0.2) is 42.9 Å². The Morgan fingerprint density at radius 2 is 2.26 bits per heavy atom. The Bertz CT molecular complexity index is 669. The van der Waals surface area contributed by atoms with E-state index in [4.69, 9.17) is 21.1 Å². The molecule has 0 aromatic carbocycles. The Hall–Kier alpha value is -2.18. The monoisotopic (exact) mass is 333 g/mol. The number of nitrogens with one attached hydrogen (secondary N) is 1. The molecule has 3 heterocycles. The van der Waals surface area contributed by atoms with Crippen molar-refractivity contribution in [3.8, 4) is 5.88 Å². The lowest BCUT2D eigenvalue weighted by molar-refractivity contribution is -0.0152. The highest BCUT2D eigenvalue weighted by Crippen LogP contribution is 2.18. The second kappa shape index (κ2) is 7.39. The zero-order valence-electron chi connectivity index (χ0n) is 12.3. The Kier molecular flexibility index (Phi) is 5.05. The molecule has 1 saturated heterocycles. The molecule has 1 aliphatic heterocycles. The van der Waals surface area contributed by atoms with Gasteiger partial charge in [-0.15, -0.1) is 0 Å². The number of amides is 1. The van der Waals surface area contributed by atoms with Crippen molar-refractivity contribution >= 4 is 17.5 Å². The zero-order valence-corrected chi connectivity index (χ0v) is 13.1. The van der Waals surface area contributed by atoms with Gasteiger partial charge in [0, 0.05) is 31.3 Å². The fraction of sp³-hybridized carbons (Fsp3) is 0.312. The highest BCUT2D eigenvalue weighted by Gasteiger charge is 2.30. The minimum Gasteiger partial charge on any atom is -0.470 e. The lowest BCUT2D eigenvalue weighted by Gasteiger charge is -2.32. The topological polar surface area (TPSA) is 73.3 Å². The molecule has 2 aromatic heterocycles. The van der Waals surface area contributed by atoms with E-state index >= 15 is 0 Å². The molecule has 3 rings (SSSR count). The predicted molar refractivity (Wildman–Crippen MR) is 84.6 cm³/mol. The number of carbonyl (C=O) groups is 1. The van der Waals surface area contributed by atoms with Crippen LogP contribution in [0.4, 0.5) is 0 Å². The van der Waals surface area contributed by atoms with Crippen molar-refractivity contribution in [2.24, 2.45) is 0 Å². The SMILES string of the molecule is O=C(NC1CCOCC1Oc1ccccn1)c1ccncc1Cl. The number of hydrogen-bond donors (Lipinski definition) is 1. The maximum atomic E-state index is 12.4. The second-order valence-corrected chi connectivity index (χ2v) is 5.53. The van der Waals surface area contributed by atoms with Crippen LogP contribution in [0, 0.1) is 0 Å². The van der Waals surface area contributed by atoms with Crippen molar-refractivity contribution in [2.45, 2.75) is 18.6 Å². The molecule has 6 nitrogen and oxygen atoms in total. The first-order valence-electron chi connectivity index (χ1n) is 7.30. The summed E-state index contributed by atoms with van der Waals surface area (Å²) in [6.45, 7) is 0.961. The maximum absolute atomic E-state index is 12.4. The Morgan fingerprint density at radius 1 is 1.35 bits per heavy atom. The van der Waals surface area contributed by atoms with Crippen LogP contribution in [0.3, 0.4) is 0 Å². The molecule has 1 fully saturated rings. The molecular weight excluding hydrogens is 318 g/mol. The summed E-state index contributed by atoms with van der Waals surface area (Å²) in [7, 11) is 0. The molecule has 0 saturated carbocycles. The van der Waals surface area contributed by atoms with E-state index in [1.165, 1.54) is 12.4 Å². The van der Waals surface area contributed by atoms with Gasteiger partial charge in [-0.05, 0) is 18.6 Å². The summed E-state index contributed by atoms with van der Waals surface area (Å²) in [6, 6.07) is 6.84. The van der Waals surface area contributed by atoms with Crippen molar-refractivity contribution in [3.63, 3.8) is 0 Å². The fourth-order valence-electron chi connectivity index (χ4n) is 2.37. The molecule has 2 atom stereocenters. The average Bonchev–Trinajstić information content (AvgIpc) is 2.58. The summed E-state index contributed by atoms with van der Waals surface area (Å²) in [5.41, 5.74) is 0.393. The van der Waals surface area contributed by atoms with Gasteiger partial charge in [0.05, 0.1) is 23.2 Å². The first-order chi connectivity index (χ1) is 11.2. The molecule has 0 bridgehead atoms. The number of halogens is 1. The molecule has 0 aliphatic carbocycles. The number of carbonyl (C=O) groups excluding carboxylic acids is 1. The average molecular weight is 334 g/mol. The quantitative estimate of drug-likeness (QED) is 0.927. The minimum absolute atomic E-state index is 0.178. The number of nitrogens with zero attached hydrogens (tertiary/aromatic N) is 2. The van der Waals surface area contributed by atoms with Crippen LogP contribution >= 0.6 is 11.6 Å². The van der Waals surface area contributed by atoms with Gasteiger partial charge < -0.3 is 14.8 Å². The summed E-state index contributed by atoms with van der Waals surface area (Å²) in [5.74, 6) is 0.253. The molecular formula is C16H16ClN3O3. The zero-order chi connectivity index (χ0) is 16.1. The molecule has 1 aliphatic rings. The normalized spacial score (nSPS) is 20.7. The fourth-order valence-corrected chi connectivity index (χ4v) is 2.58. The third-order valence-electron chi connectivity index (χ3n) is 3.55. The number of hydrogen-bond acceptors (Lipinski definition) is 5. The van der Waals surface area contributed by atoms with E-state index in [1.54, 1.807) is 18.3 Å². The molecule has 7 heteroatoms. The van der Waals surface area contributed by atoms with Crippen molar-refractivity contribution in [3.05, 3.63) is 53.4 Å². The van der Waals surface area contributed by atoms with E-state index in [0.717, 1.165) is 0 Å². The third kappa shape index (κ3) is 3.97. The van der Waals surface area contributed by atoms with E-state index in [2.05, 4.69) is 15.3 Å². The number of aromatic nitrogens is 2. The molecule has 2 aromatic rings. The predicted octanol–water partition coefficient (Wildman–Crippen LogP) is 2.10. The van der Waals surface area contributed by atoms with Gasteiger partial charge in [-0.25, -0.2) is 4.98 Å². The number of pyridine rings is 2. The lowest BCUT2D eigenvalue weighted by atomic mass is 10.1. The van der Waals surface area contributed by atoms with E-state index in [1.807, 2.05) is 12.1 Å². The van der Waals surface area contributed by atoms with Crippen molar-refractivity contribution in [2.75, 3.05) is 13.2 Å². The molecule has 0 spiro atoms. The Morgan fingerprint density at radius 3 is 3.04 bits per heavy atom. The largest absolute Gasteiger partial charge is 0.470 e. The van der Waals surface area contributed by atoms with E-state index in [-0.39, 0.29) is 18.1 Å². The van der Waals surface area contributed by atoms with Gasteiger partial charge in [0.2, 0.25) is 5.88 Å². The van der Waals surface area contributed by atoms with E-state index < -0.39 is 0 Å². The first-order valence-corrected chi connectivity index (χ1v) is 7.67. The smallest absolute Gasteiger partial charge is 0.253 e. The van der Waals surface area contributed by atoms with Crippen LogP contribution in [0.1, 0.15) is 16.8 Å². The van der Waals surface area contributed by atoms with Gasteiger partial charge in [-0.1, -0.05) is 17.7 Å². The lowest BCUT2D eigenvalue weighted by Crippen LogP contribution is -2.51. The molecule has 120 valence electrons. The molecule has 2 unspecified atom stereocenters. The van der Waals surface area contributed by atoms with Gasteiger partial charge in [-0.3, -0.25) is 9.78 Å².